The van der Waals surface area contributed by atoms with E-state index in [9.17, 15) is 18.0 Å². The number of thiazole rings is 1. The first-order valence-electron chi connectivity index (χ1n) is 6.21. The van der Waals surface area contributed by atoms with Gasteiger partial charge < -0.3 is 5.32 Å². The normalized spacial score (nSPS) is 11.7. The Morgan fingerprint density at radius 1 is 1.33 bits per heavy atom. The molecule has 0 aliphatic carbocycles. The van der Waals surface area contributed by atoms with E-state index in [2.05, 4.69) is 10.3 Å². The summed E-state index contributed by atoms with van der Waals surface area (Å²) >= 11 is 1.14. The predicted octanol–water partition coefficient (Wildman–Crippen LogP) is 3.97. The van der Waals surface area contributed by atoms with E-state index in [0.29, 0.717) is 10.6 Å². The second kappa shape index (κ2) is 5.85. The third-order valence-electron chi connectivity index (χ3n) is 2.59. The number of nitrogens with zero attached hydrogens (tertiary/aromatic N) is 1. The number of amides is 1. The molecule has 1 aromatic carbocycles. The van der Waals surface area contributed by atoms with Crippen molar-refractivity contribution in [1.82, 2.24) is 10.3 Å². The van der Waals surface area contributed by atoms with Gasteiger partial charge in [0.05, 0.1) is 5.56 Å². The van der Waals surface area contributed by atoms with E-state index in [0.717, 1.165) is 23.5 Å². The molecule has 7 heteroatoms. The van der Waals surface area contributed by atoms with Gasteiger partial charge in [0.1, 0.15) is 10.7 Å². The molecule has 3 nitrogen and oxygen atoms in total. The molecule has 112 valence electrons. The molecular formula is C14H13F3N2OS. The van der Waals surface area contributed by atoms with Gasteiger partial charge in [-0.25, -0.2) is 4.98 Å². The van der Waals surface area contributed by atoms with Gasteiger partial charge in [-0.1, -0.05) is 12.1 Å². The van der Waals surface area contributed by atoms with Gasteiger partial charge in [0.15, 0.2) is 0 Å². The maximum atomic E-state index is 12.7. The Morgan fingerprint density at radius 3 is 2.67 bits per heavy atom. The lowest BCUT2D eigenvalue weighted by Gasteiger charge is -2.07. The van der Waals surface area contributed by atoms with Gasteiger partial charge in [-0.15, -0.1) is 11.3 Å². The first-order valence-corrected chi connectivity index (χ1v) is 7.09. The molecule has 1 aromatic heterocycles. The molecule has 2 rings (SSSR count). The van der Waals surface area contributed by atoms with E-state index >= 15 is 0 Å². The first-order chi connectivity index (χ1) is 9.77. The minimum absolute atomic E-state index is 0.0313. The van der Waals surface area contributed by atoms with Crippen LogP contribution in [0.5, 0.6) is 0 Å². The van der Waals surface area contributed by atoms with Gasteiger partial charge in [-0.3, -0.25) is 4.79 Å². The number of aromatic nitrogens is 1. The minimum atomic E-state index is -4.40. The maximum Gasteiger partial charge on any atom is 0.416 e. The summed E-state index contributed by atoms with van der Waals surface area (Å²) in [6.45, 7) is 3.63. The molecule has 0 aliphatic heterocycles. The molecule has 21 heavy (non-hydrogen) atoms. The lowest BCUT2D eigenvalue weighted by Crippen LogP contribution is -2.30. The van der Waals surface area contributed by atoms with Gasteiger partial charge >= 0.3 is 6.18 Å². The summed E-state index contributed by atoms with van der Waals surface area (Å²) in [5.74, 6) is -0.334. The van der Waals surface area contributed by atoms with E-state index in [1.807, 2.05) is 13.8 Å². The summed E-state index contributed by atoms with van der Waals surface area (Å²) in [4.78, 5) is 15.9. The first kappa shape index (κ1) is 15.5. The van der Waals surface area contributed by atoms with Crippen LogP contribution in [-0.2, 0) is 6.18 Å². The zero-order valence-corrected chi connectivity index (χ0v) is 12.2. The predicted molar refractivity (Wildman–Crippen MR) is 75.2 cm³/mol. The topological polar surface area (TPSA) is 42.0 Å². The highest BCUT2D eigenvalue weighted by molar-refractivity contribution is 7.13. The summed E-state index contributed by atoms with van der Waals surface area (Å²) < 4.78 is 38.0. The summed E-state index contributed by atoms with van der Waals surface area (Å²) in [5, 5.41) is 4.60. The molecule has 0 spiro atoms. The van der Waals surface area contributed by atoms with E-state index in [1.165, 1.54) is 17.5 Å². The Morgan fingerprint density at radius 2 is 2.05 bits per heavy atom. The summed E-state index contributed by atoms with van der Waals surface area (Å²) in [6, 6.07) is 4.87. The molecule has 0 unspecified atom stereocenters. The van der Waals surface area contributed by atoms with Crippen molar-refractivity contribution in [2.75, 3.05) is 0 Å². The van der Waals surface area contributed by atoms with Crippen LogP contribution in [0.25, 0.3) is 10.6 Å². The number of halogens is 3. The second-order valence-electron chi connectivity index (χ2n) is 4.74. The monoisotopic (exact) mass is 314 g/mol. The standard InChI is InChI=1S/C14H13F3N2OS/c1-8(2)18-12(20)11-7-21-13(19-11)9-4-3-5-10(6-9)14(15,16)17/h3-8H,1-2H3,(H,18,20). The van der Waals surface area contributed by atoms with E-state index in [1.54, 1.807) is 0 Å². The molecule has 0 fully saturated rings. The third kappa shape index (κ3) is 3.81. The molecular weight excluding hydrogens is 301 g/mol. The SMILES string of the molecule is CC(C)NC(=O)c1csc(-c2cccc(C(F)(F)F)c2)n1. The summed E-state index contributed by atoms with van der Waals surface area (Å²) in [5.41, 5.74) is -0.178. The van der Waals surface area contributed by atoms with Crippen LogP contribution in [0.4, 0.5) is 13.2 Å². The van der Waals surface area contributed by atoms with Gasteiger partial charge in [0, 0.05) is 17.0 Å². The van der Waals surface area contributed by atoms with Crippen LogP contribution in [0.3, 0.4) is 0 Å². The number of nitrogens with one attached hydrogen (secondary N) is 1. The molecule has 2 aromatic rings. The fourth-order valence-electron chi connectivity index (χ4n) is 1.68. The van der Waals surface area contributed by atoms with Crippen molar-refractivity contribution in [1.29, 1.82) is 0 Å². The quantitative estimate of drug-likeness (QED) is 0.931. The molecule has 0 atom stereocenters. The van der Waals surface area contributed by atoms with Crippen molar-refractivity contribution in [3.8, 4) is 10.6 Å². The number of rotatable bonds is 3. The van der Waals surface area contributed by atoms with Crippen LogP contribution >= 0.6 is 11.3 Å². The Bertz CT molecular complexity index is 650. The molecule has 0 saturated carbocycles. The van der Waals surface area contributed by atoms with Crippen molar-refractivity contribution in [3.63, 3.8) is 0 Å². The number of benzene rings is 1. The van der Waals surface area contributed by atoms with Crippen molar-refractivity contribution < 1.29 is 18.0 Å². The molecule has 1 amide bonds. The molecule has 0 bridgehead atoms. The van der Waals surface area contributed by atoms with Crippen molar-refractivity contribution >= 4 is 17.2 Å². The Balaban J connectivity index is 2.28. The van der Waals surface area contributed by atoms with E-state index in [-0.39, 0.29) is 17.6 Å². The lowest BCUT2D eigenvalue weighted by atomic mass is 10.1. The lowest BCUT2D eigenvalue weighted by molar-refractivity contribution is -0.137. The van der Waals surface area contributed by atoms with Crippen LogP contribution in [0.2, 0.25) is 0 Å². The van der Waals surface area contributed by atoms with Crippen LogP contribution in [0.1, 0.15) is 29.9 Å². The third-order valence-corrected chi connectivity index (χ3v) is 3.48. The average molecular weight is 314 g/mol. The number of carbonyl (C=O) groups is 1. The number of hydrogen-bond donors (Lipinski definition) is 1. The zero-order chi connectivity index (χ0) is 15.6. The summed E-state index contributed by atoms with van der Waals surface area (Å²) in [6.07, 6.45) is -4.40. The smallest absolute Gasteiger partial charge is 0.349 e. The highest BCUT2D eigenvalue weighted by Crippen LogP contribution is 2.33. The number of alkyl halides is 3. The van der Waals surface area contributed by atoms with Crippen LogP contribution < -0.4 is 5.32 Å². The molecule has 0 saturated heterocycles. The zero-order valence-electron chi connectivity index (χ0n) is 11.4. The minimum Gasteiger partial charge on any atom is -0.349 e. The Kier molecular flexibility index (Phi) is 4.32. The number of carbonyl (C=O) groups excluding carboxylic acids is 1. The molecule has 1 heterocycles. The highest BCUT2D eigenvalue weighted by Gasteiger charge is 2.30. The second-order valence-corrected chi connectivity index (χ2v) is 5.60. The van der Waals surface area contributed by atoms with Crippen molar-refractivity contribution in [2.45, 2.75) is 26.1 Å². The van der Waals surface area contributed by atoms with E-state index < -0.39 is 11.7 Å². The molecule has 1 N–H and O–H groups in total. The molecule has 0 aliphatic rings. The maximum absolute atomic E-state index is 12.7. The van der Waals surface area contributed by atoms with Gasteiger partial charge in [0.25, 0.3) is 5.91 Å². The number of hydrogen-bond acceptors (Lipinski definition) is 3. The van der Waals surface area contributed by atoms with Gasteiger partial charge in [-0.05, 0) is 26.0 Å². The van der Waals surface area contributed by atoms with Gasteiger partial charge in [0.2, 0.25) is 0 Å². The van der Waals surface area contributed by atoms with Crippen molar-refractivity contribution in [2.24, 2.45) is 0 Å². The fourth-order valence-corrected chi connectivity index (χ4v) is 2.47. The van der Waals surface area contributed by atoms with Crippen molar-refractivity contribution in [3.05, 3.63) is 40.9 Å². The van der Waals surface area contributed by atoms with Crippen LogP contribution in [-0.4, -0.2) is 16.9 Å². The highest BCUT2D eigenvalue weighted by atomic mass is 32.1. The van der Waals surface area contributed by atoms with Crippen LogP contribution in [0.15, 0.2) is 29.6 Å². The fraction of sp³-hybridized carbons (Fsp3) is 0.286. The Labute approximate surface area is 123 Å². The van der Waals surface area contributed by atoms with Crippen LogP contribution in [0, 0.1) is 0 Å². The largest absolute Gasteiger partial charge is 0.416 e. The molecule has 0 radical (unpaired) electrons. The Hall–Kier alpha value is -1.89. The summed E-state index contributed by atoms with van der Waals surface area (Å²) in [7, 11) is 0. The van der Waals surface area contributed by atoms with E-state index in [4.69, 9.17) is 0 Å². The average Bonchev–Trinajstić information content (AvgIpc) is 2.86. The van der Waals surface area contributed by atoms with Gasteiger partial charge in [-0.2, -0.15) is 13.2 Å².